The van der Waals surface area contributed by atoms with Gasteiger partial charge in [-0.05, 0) is 40.2 Å². The van der Waals surface area contributed by atoms with Crippen molar-refractivity contribution in [2.45, 2.75) is 0 Å². The molecule has 1 aliphatic heterocycles. The molecule has 144 valence electrons. The maximum Gasteiger partial charge on any atom is 0.255 e. The highest BCUT2D eigenvalue weighted by molar-refractivity contribution is 9.10. The molecule has 1 fully saturated rings. The zero-order chi connectivity index (χ0) is 19.5. The topological polar surface area (TPSA) is 76.4 Å². The van der Waals surface area contributed by atoms with Crippen LogP contribution in [0.15, 0.2) is 53.5 Å². The van der Waals surface area contributed by atoms with Gasteiger partial charge >= 0.3 is 0 Å². The van der Waals surface area contributed by atoms with Gasteiger partial charge in [0.05, 0.1) is 12.7 Å². The normalized spacial score (nSPS) is 14.2. The Bertz CT molecular complexity index is 970. The molecule has 1 aliphatic rings. The van der Waals surface area contributed by atoms with Gasteiger partial charge in [-0.1, -0.05) is 0 Å². The van der Waals surface area contributed by atoms with E-state index in [9.17, 15) is 4.79 Å². The summed E-state index contributed by atoms with van der Waals surface area (Å²) in [5, 5.41) is 4.20. The Morgan fingerprint density at radius 3 is 2.61 bits per heavy atom. The van der Waals surface area contributed by atoms with Crippen LogP contribution in [0.25, 0.3) is 5.82 Å². The summed E-state index contributed by atoms with van der Waals surface area (Å²) in [6.45, 7) is 2.62. The Labute approximate surface area is 170 Å². The van der Waals surface area contributed by atoms with E-state index in [4.69, 9.17) is 4.74 Å². The lowest BCUT2D eigenvalue weighted by Gasteiger charge is -2.35. The molecule has 0 bridgehead atoms. The van der Waals surface area contributed by atoms with Crippen LogP contribution >= 0.6 is 15.9 Å². The molecule has 0 saturated carbocycles. The van der Waals surface area contributed by atoms with E-state index in [2.05, 4.69) is 35.9 Å². The van der Waals surface area contributed by atoms with E-state index in [0.717, 1.165) is 10.3 Å². The van der Waals surface area contributed by atoms with E-state index in [1.165, 1.54) is 6.33 Å². The Kier molecular flexibility index (Phi) is 5.25. The molecule has 8 nitrogen and oxygen atoms in total. The monoisotopic (exact) mass is 442 g/mol. The number of nitrogens with zero attached hydrogens (tertiary/aromatic N) is 6. The number of hydrogen-bond acceptors (Lipinski definition) is 6. The average Bonchev–Trinajstić information content (AvgIpc) is 3.29. The van der Waals surface area contributed by atoms with Gasteiger partial charge in [0, 0.05) is 49.1 Å². The summed E-state index contributed by atoms with van der Waals surface area (Å²) in [6, 6.07) is 9.18. The minimum absolute atomic E-state index is 0.00894. The Hall–Kier alpha value is -2.94. The van der Waals surface area contributed by atoms with Gasteiger partial charge in [0.1, 0.15) is 17.9 Å². The van der Waals surface area contributed by atoms with Gasteiger partial charge in [-0.15, -0.1) is 0 Å². The van der Waals surface area contributed by atoms with Crippen molar-refractivity contribution in [1.29, 1.82) is 0 Å². The van der Waals surface area contributed by atoms with Gasteiger partial charge in [0.2, 0.25) is 0 Å². The van der Waals surface area contributed by atoms with Gasteiger partial charge in [0.15, 0.2) is 5.82 Å². The third-order valence-electron chi connectivity index (χ3n) is 4.67. The van der Waals surface area contributed by atoms with Crippen molar-refractivity contribution in [3.63, 3.8) is 0 Å². The minimum atomic E-state index is -0.00894. The van der Waals surface area contributed by atoms with Crippen molar-refractivity contribution >= 4 is 27.7 Å². The second-order valence-corrected chi connectivity index (χ2v) is 7.16. The van der Waals surface area contributed by atoms with Gasteiger partial charge in [-0.3, -0.25) is 4.79 Å². The van der Waals surface area contributed by atoms with Gasteiger partial charge in [0.25, 0.3) is 5.91 Å². The largest absolute Gasteiger partial charge is 0.497 e. The molecule has 0 unspecified atom stereocenters. The summed E-state index contributed by atoms with van der Waals surface area (Å²) in [7, 11) is 1.59. The van der Waals surface area contributed by atoms with Crippen molar-refractivity contribution in [3.8, 4) is 11.6 Å². The lowest BCUT2D eigenvalue weighted by molar-refractivity contribution is 0.0745. The maximum atomic E-state index is 12.9. The predicted octanol–water partition coefficient (Wildman–Crippen LogP) is 2.40. The van der Waals surface area contributed by atoms with Crippen LogP contribution in [0.3, 0.4) is 0 Å². The lowest BCUT2D eigenvalue weighted by Crippen LogP contribution is -2.49. The van der Waals surface area contributed by atoms with Crippen LogP contribution < -0.4 is 9.64 Å². The number of aromatic nitrogens is 4. The molecule has 0 atom stereocenters. The number of anilines is 1. The van der Waals surface area contributed by atoms with Gasteiger partial charge in [-0.2, -0.15) is 5.10 Å². The first-order valence-electron chi connectivity index (χ1n) is 8.85. The molecular formula is C19H19BrN6O2. The number of piperazine rings is 1. The third kappa shape index (κ3) is 3.70. The van der Waals surface area contributed by atoms with Crippen LogP contribution in [-0.2, 0) is 0 Å². The number of rotatable bonds is 4. The first-order valence-corrected chi connectivity index (χ1v) is 9.65. The molecular weight excluding hydrogens is 424 g/mol. The second-order valence-electron chi connectivity index (χ2n) is 6.31. The van der Waals surface area contributed by atoms with Crippen molar-refractivity contribution in [1.82, 2.24) is 24.6 Å². The third-order valence-corrected chi connectivity index (χ3v) is 5.36. The Morgan fingerprint density at radius 2 is 1.89 bits per heavy atom. The molecule has 3 aromatic rings. The van der Waals surface area contributed by atoms with Crippen LogP contribution in [-0.4, -0.2) is 63.8 Å². The molecule has 0 aliphatic carbocycles. The highest BCUT2D eigenvalue weighted by Crippen LogP contribution is 2.25. The number of benzene rings is 1. The first-order chi connectivity index (χ1) is 13.7. The number of hydrogen-bond donors (Lipinski definition) is 0. The van der Waals surface area contributed by atoms with E-state index < -0.39 is 0 Å². The summed E-state index contributed by atoms with van der Waals surface area (Å²) in [5.74, 6) is 2.20. The molecule has 3 heterocycles. The quantitative estimate of drug-likeness (QED) is 0.617. The van der Waals surface area contributed by atoms with Crippen molar-refractivity contribution in [2.24, 2.45) is 0 Å². The van der Waals surface area contributed by atoms with Gasteiger partial charge in [-0.25, -0.2) is 14.6 Å². The van der Waals surface area contributed by atoms with E-state index in [1.807, 2.05) is 35.4 Å². The fourth-order valence-electron chi connectivity index (χ4n) is 3.14. The lowest BCUT2D eigenvalue weighted by atomic mass is 10.1. The number of methoxy groups -OCH3 is 1. The first kappa shape index (κ1) is 18.4. The van der Waals surface area contributed by atoms with Crippen molar-refractivity contribution < 1.29 is 9.53 Å². The van der Waals surface area contributed by atoms with E-state index in [0.29, 0.717) is 43.3 Å². The van der Waals surface area contributed by atoms with Crippen LogP contribution in [0.4, 0.5) is 5.82 Å². The molecule has 4 rings (SSSR count). The molecule has 1 amide bonds. The van der Waals surface area contributed by atoms with Crippen molar-refractivity contribution in [3.05, 3.63) is 59.1 Å². The number of halogens is 1. The van der Waals surface area contributed by atoms with E-state index in [1.54, 1.807) is 24.1 Å². The van der Waals surface area contributed by atoms with E-state index in [-0.39, 0.29) is 5.91 Å². The smallest absolute Gasteiger partial charge is 0.255 e. The van der Waals surface area contributed by atoms with Crippen LogP contribution in [0.1, 0.15) is 10.4 Å². The van der Waals surface area contributed by atoms with Crippen LogP contribution in [0.2, 0.25) is 0 Å². The van der Waals surface area contributed by atoms with Gasteiger partial charge < -0.3 is 14.5 Å². The standard InChI is InChI=1S/C19H19BrN6O2/c1-28-14-3-4-16(20)15(11-14)19(27)25-9-7-24(8-10-25)17-12-18(22-13-21-17)26-6-2-5-23-26/h2-6,11-13H,7-10H2,1H3. The van der Waals surface area contributed by atoms with E-state index >= 15 is 0 Å². The highest BCUT2D eigenvalue weighted by Gasteiger charge is 2.24. The fourth-order valence-corrected chi connectivity index (χ4v) is 3.56. The zero-order valence-corrected chi connectivity index (χ0v) is 16.9. The predicted molar refractivity (Wildman–Crippen MR) is 108 cm³/mol. The molecule has 1 aromatic carbocycles. The Morgan fingerprint density at radius 1 is 1.11 bits per heavy atom. The molecule has 2 aromatic heterocycles. The summed E-state index contributed by atoms with van der Waals surface area (Å²) in [4.78, 5) is 25.6. The molecule has 1 saturated heterocycles. The number of ether oxygens (including phenoxy) is 1. The van der Waals surface area contributed by atoms with Crippen molar-refractivity contribution in [2.75, 3.05) is 38.2 Å². The fraction of sp³-hybridized carbons (Fsp3) is 0.263. The number of carbonyl (C=O) groups is 1. The molecule has 28 heavy (non-hydrogen) atoms. The number of amides is 1. The Balaban J connectivity index is 1.45. The molecule has 0 N–H and O–H groups in total. The maximum absolute atomic E-state index is 12.9. The summed E-state index contributed by atoms with van der Waals surface area (Å²) in [5.41, 5.74) is 0.607. The van der Waals surface area contributed by atoms with Crippen LogP contribution in [0.5, 0.6) is 5.75 Å². The zero-order valence-electron chi connectivity index (χ0n) is 15.3. The highest BCUT2D eigenvalue weighted by atomic mass is 79.9. The number of carbonyl (C=O) groups excluding carboxylic acids is 1. The summed E-state index contributed by atoms with van der Waals surface area (Å²) >= 11 is 3.46. The average molecular weight is 443 g/mol. The SMILES string of the molecule is COc1ccc(Br)c(C(=O)N2CCN(c3cc(-n4cccn4)ncn3)CC2)c1. The van der Waals surface area contributed by atoms with Crippen LogP contribution in [0, 0.1) is 0 Å². The summed E-state index contributed by atoms with van der Waals surface area (Å²) < 4.78 is 7.71. The second kappa shape index (κ2) is 7.97. The molecule has 9 heteroatoms. The molecule has 0 radical (unpaired) electrons. The molecule has 0 spiro atoms. The summed E-state index contributed by atoms with van der Waals surface area (Å²) in [6.07, 6.45) is 5.09. The minimum Gasteiger partial charge on any atom is -0.497 e.